The summed E-state index contributed by atoms with van der Waals surface area (Å²) < 4.78 is 8.05. The van der Waals surface area contributed by atoms with Crippen LogP contribution in [0.15, 0.2) is 79.6 Å². The van der Waals surface area contributed by atoms with Gasteiger partial charge < -0.3 is 4.74 Å². The summed E-state index contributed by atoms with van der Waals surface area (Å²) in [5.74, 6) is 0.973. The van der Waals surface area contributed by atoms with Crippen molar-refractivity contribution >= 4 is 0 Å². The zero-order chi connectivity index (χ0) is 21.8. The second kappa shape index (κ2) is 9.00. The topological polar surface area (TPSA) is 79.9 Å². The number of aromatic nitrogens is 4. The lowest BCUT2D eigenvalue weighted by atomic mass is 9.99. The highest BCUT2D eigenvalue weighted by Crippen LogP contribution is 2.30. The second-order valence-corrected chi connectivity index (χ2v) is 7.88. The summed E-state index contributed by atoms with van der Waals surface area (Å²) in [5.41, 5.74) is 5.21. The molecule has 4 aromatic rings. The second-order valence-electron chi connectivity index (χ2n) is 7.88. The molecule has 32 heavy (non-hydrogen) atoms. The molecule has 0 saturated carbocycles. The number of hydrogen-bond donors (Lipinski definition) is 0. The van der Waals surface area contributed by atoms with Crippen molar-refractivity contribution < 1.29 is 4.74 Å². The van der Waals surface area contributed by atoms with E-state index in [1.54, 1.807) is 6.20 Å². The molecule has 0 amide bonds. The highest BCUT2D eigenvalue weighted by atomic mass is 16.5. The first-order chi connectivity index (χ1) is 15.8. The number of benzene rings is 2. The van der Waals surface area contributed by atoms with Crippen LogP contribution in [0.4, 0.5) is 0 Å². The van der Waals surface area contributed by atoms with E-state index >= 15 is 0 Å². The molecular weight excluding hydrogens is 400 g/mol. The van der Waals surface area contributed by atoms with E-state index in [2.05, 4.69) is 44.2 Å². The maximum Gasteiger partial charge on any atom is 0.124 e. The summed E-state index contributed by atoms with van der Waals surface area (Å²) in [6.07, 6.45) is 8.83. The van der Waals surface area contributed by atoms with E-state index in [4.69, 9.17) is 10.00 Å². The summed E-state index contributed by atoms with van der Waals surface area (Å²) in [7, 11) is 0. The molecule has 1 saturated heterocycles. The fraction of sp³-hybridized carbons (Fsp3) is 0.200. The lowest BCUT2D eigenvalue weighted by Crippen LogP contribution is -2.45. The van der Waals surface area contributed by atoms with E-state index < -0.39 is 0 Å². The molecule has 2 aromatic carbocycles. The maximum absolute atomic E-state index is 9.09. The lowest BCUT2D eigenvalue weighted by Gasteiger charge is -2.35. The van der Waals surface area contributed by atoms with E-state index in [0.717, 1.165) is 53.3 Å². The third kappa shape index (κ3) is 4.36. The molecule has 0 aliphatic carbocycles. The molecule has 1 aliphatic rings. The van der Waals surface area contributed by atoms with Crippen LogP contribution in [0.5, 0.6) is 5.75 Å². The Labute approximate surface area is 186 Å². The molecule has 7 nitrogen and oxygen atoms in total. The molecule has 0 bridgehead atoms. The molecule has 3 heterocycles. The van der Waals surface area contributed by atoms with Gasteiger partial charge in [-0.05, 0) is 41.5 Å². The maximum atomic E-state index is 9.09. The predicted molar refractivity (Wildman–Crippen MR) is 120 cm³/mol. The third-order valence-electron chi connectivity index (χ3n) is 5.59. The summed E-state index contributed by atoms with van der Waals surface area (Å²) in [4.78, 5) is 10.5. The van der Waals surface area contributed by atoms with Crippen molar-refractivity contribution in [2.75, 3.05) is 13.1 Å². The fourth-order valence-corrected chi connectivity index (χ4v) is 3.82. The van der Waals surface area contributed by atoms with Crippen LogP contribution in [-0.4, -0.2) is 37.7 Å². The standard InChI is InChI=1S/C25H22N6O/c26-11-20-14-30(15-20)16-22-10-21(23-12-27-18-28-13-23)4-7-25(22)32-17-19-2-5-24(6-3-19)31-9-1-8-29-31/h1-10,12-13,18,20H,14-17H2. The Balaban J connectivity index is 1.33. The number of likely N-dealkylation sites (tertiary alicyclic amines) is 1. The monoisotopic (exact) mass is 422 g/mol. The number of nitrogens with zero attached hydrogens (tertiary/aromatic N) is 6. The molecule has 0 atom stereocenters. The minimum absolute atomic E-state index is 0.123. The molecule has 0 unspecified atom stereocenters. The van der Waals surface area contributed by atoms with Gasteiger partial charge in [-0.25, -0.2) is 14.6 Å². The van der Waals surface area contributed by atoms with Gasteiger partial charge in [0.1, 0.15) is 18.7 Å². The van der Waals surface area contributed by atoms with Gasteiger partial charge >= 0.3 is 0 Å². The lowest BCUT2D eigenvalue weighted by molar-refractivity contribution is 0.125. The Morgan fingerprint density at radius 3 is 2.56 bits per heavy atom. The number of hydrogen-bond acceptors (Lipinski definition) is 6. The summed E-state index contributed by atoms with van der Waals surface area (Å²) in [6.45, 7) is 2.81. The number of rotatable bonds is 7. The first-order valence-electron chi connectivity index (χ1n) is 10.5. The number of ether oxygens (including phenoxy) is 1. The van der Waals surface area contributed by atoms with Crippen molar-refractivity contribution in [2.45, 2.75) is 13.2 Å². The quantitative estimate of drug-likeness (QED) is 0.450. The molecule has 0 spiro atoms. The average Bonchev–Trinajstić information content (AvgIpc) is 3.36. The Bertz CT molecular complexity index is 1210. The van der Waals surface area contributed by atoms with Gasteiger partial charge in [0.2, 0.25) is 0 Å². The normalized spacial score (nSPS) is 14.0. The highest BCUT2D eigenvalue weighted by molar-refractivity contribution is 5.64. The Hall–Kier alpha value is -4.02. The molecule has 2 aromatic heterocycles. The Morgan fingerprint density at radius 1 is 1.03 bits per heavy atom. The van der Waals surface area contributed by atoms with Crippen molar-refractivity contribution in [3.63, 3.8) is 0 Å². The first kappa shape index (κ1) is 19.9. The highest BCUT2D eigenvalue weighted by Gasteiger charge is 2.27. The van der Waals surface area contributed by atoms with E-state index in [1.807, 2.05) is 53.6 Å². The zero-order valence-electron chi connectivity index (χ0n) is 17.5. The largest absolute Gasteiger partial charge is 0.489 e. The molecule has 5 rings (SSSR count). The summed E-state index contributed by atoms with van der Waals surface area (Å²) in [5, 5.41) is 13.3. The van der Waals surface area contributed by atoms with Gasteiger partial charge in [-0.3, -0.25) is 4.90 Å². The third-order valence-corrected chi connectivity index (χ3v) is 5.59. The van der Waals surface area contributed by atoms with Gasteiger partial charge in [0, 0.05) is 55.5 Å². The molecule has 158 valence electrons. The molecule has 0 N–H and O–H groups in total. The van der Waals surface area contributed by atoms with Crippen LogP contribution in [0.1, 0.15) is 11.1 Å². The van der Waals surface area contributed by atoms with Crippen molar-refractivity contribution in [3.05, 3.63) is 90.8 Å². The number of nitriles is 1. The van der Waals surface area contributed by atoms with Crippen LogP contribution in [0.3, 0.4) is 0 Å². The first-order valence-corrected chi connectivity index (χ1v) is 10.5. The van der Waals surface area contributed by atoms with E-state index in [-0.39, 0.29) is 5.92 Å². The van der Waals surface area contributed by atoms with Crippen molar-refractivity contribution in [1.29, 1.82) is 5.26 Å². The van der Waals surface area contributed by atoms with Crippen LogP contribution in [-0.2, 0) is 13.2 Å². The molecule has 1 aliphatic heterocycles. The Morgan fingerprint density at radius 2 is 1.84 bits per heavy atom. The van der Waals surface area contributed by atoms with Gasteiger partial charge in [0.05, 0.1) is 17.7 Å². The van der Waals surface area contributed by atoms with Gasteiger partial charge in [-0.15, -0.1) is 0 Å². The minimum atomic E-state index is 0.123. The van der Waals surface area contributed by atoms with Crippen LogP contribution in [0.25, 0.3) is 16.8 Å². The van der Waals surface area contributed by atoms with Crippen LogP contribution in [0, 0.1) is 17.2 Å². The van der Waals surface area contributed by atoms with Crippen LogP contribution in [0.2, 0.25) is 0 Å². The predicted octanol–water partition coefficient (Wildman–Crippen LogP) is 3.86. The van der Waals surface area contributed by atoms with Crippen molar-refractivity contribution in [3.8, 4) is 28.6 Å². The Kier molecular flexibility index (Phi) is 5.60. The van der Waals surface area contributed by atoms with E-state index in [9.17, 15) is 0 Å². The molecule has 0 radical (unpaired) electrons. The summed E-state index contributed by atoms with van der Waals surface area (Å²) in [6, 6.07) is 18.6. The molecule has 1 fully saturated rings. The van der Waals surface area contributed by atoms with Crippen LogP contribution < -0.4 is 4.74 Å². The minimum Gasteiger partial charge on any atom is -0.489 e. The SMILES string of the molecule is N#CC1CN(Cc2cc(-c3cncnc3)ccc2OCc2ccc(-n3cccn3)cc2)C1. The van der Waals surface area contributed by atoms with E-state index in [0.29, 0.717) is 6.61 Å². The van der Waals surface area contributed by atoms with Crippen LogP contribution >= 0.6 is 0 Å². The smallest absolute Gasteiger partial charge is 0.124 e. The molecule has 7 heteroatoms. The fourth-order valence-electron chi connectivity index (χ4n) is 3.82. The van der Waals surface area contributed by atoms with E-state index in [1.165, 1.54) is 6.33 Å². The van der Waals surface area contributed by atoms with Crippen molar-refractivity contribution in [1.82, 2.24) is 24.6 Å². The van der Waals surface area contributed by atoms with Gasteiger partial charge in [-0.1, -0.05) is 18.2 Å². The van der Waals surface area contributed by atoms with Crippen molar-refractivity contribution in [2.24, 2.45) is 5.92 Å². The molecular formula is C25H22N6O. The van der Waals surface area contributed by atoms with Gasteiger partial charge in [0.25, 0.3) is 0 Å². The average molecular weight is 422 g/mol. The van der Waals surface area contributed by atoms with Gasteiger partial charge in [-0.2, -0.15) is 10.4 Å². The zero-order valence-corrected chi connectivity index (χ0v) is 17.5. The summed E-state index contributed by atoms with van der Waals surface area (Å²) >= 11 is 0. The van der Waals surface area contributed by atoms with Gasteiger partial charge in [0.15, 0.2) is 0 Å².